The molecule has 2 N–H and O–H groups in total. The Hall–Kier alpha value is -2.90. The molecule has 20 heavy (non-hydrogen) atoms. The van der Waals surface area contributed by atoms with E-state index in [4.69, 9.17) is 10.2 Å². The van der Waals surface area contributed by atoms with Gasteiger partial charge in [-0.1, -0.05) is 0 Å². The second-order valence-corrected chi connectivity index (χ2v) is 4.38. The number of aromatic nitrogens is 4. The zero-order chi connectivity index (χ0) is 14.3. The molecule has 0 unspecified atom stereocenters. The molecule has 0 radical (unpaired) electrons. The number of amides is 1. The molecule has 3 aromatic heterocycles. The Labute approximate surface area is 113 Å². The maximum atomic E-state index is 12.1. The predicted octanol–water partition coefficient (Wildman–Crippen LogP) is 0.668. The van der Waals surface area contributed by atoms with E-state index in [1.165, 1.54) is 21.9 Å². The van der Waals surface area contributed by atoms with Crippen LogP contribution in [0.2, 0.25) is 0 Å². The highest BCUT2D eigenvalue weighted by Crippen LogP contribution is 2.19. The van der Waals surface area contributed by atoms with E-state index in [1.807, 2.05) is 0 Å². The highest BCUT2D eigenvalue weighted by Gasteiger charge is 2.19. The van der Waals surface area contributed by atoms with Gasteiger partial charge in [-0.2, -0.15) is 4.52 Å². The first-order chi connectivity index (χ1) is 9.58. The SMILES string of the molecule is CN(C)C(=O)c1cnc(N)n2nc(-c3ccco3)nc12. The lowest BCUT2D eigenvalue weighted by Gasteiger charge is -2.10. The molecule has 3 aromatic rings. The summed E-state index contributed by atoms with van der Waals surface area (Å²) in [6, 6.07) is 3.46. The van der Waals surface area contributed by atoms with Gasteiger partial charge in [0.1, 0.15) is 5.56 Å². The summed E-state index contributed by atoms with van der Waals surface area (Å²) in [6.07, 6.45) is 2.92. The molecule has 0 aliphatic carbocycles. The summed E-state index contributed by atoms with van der Waals surface area (Å²) in [6.45, 7) is 0. The lowest BCUT2D eigenvalue weighted by atomic mass is 10.3. The molecular formula is C12H12N6O2. The Bertz CT molecular complexity index is 775. The molecule has 8 nitrogen and oxygen atoms in total. The minimum atomic E-state index is -0.221. The van der Waals surface area contributed by atoms with Crippen LogP contribution in [0.5, 0.6) is 0 Å². The van der Waals surface area contributed by atoms with Gasteiger partial charge in [0.05, 0.1) is 6.26 Å². The van der Waals surface area contributed by atoms with E-state index in [9.17, 15) is 4.79 Å². The zero-order valence-electron chi connectivity index (χ0n) is 10.9. The quantitative estimate of drug-likeness (QED) is 0.735. The Morgan fingerprint density at radius 1 is 1.45 bits per heavy atom. The predicted molar refractivity (Wildman–Crippen MR) is 70.9 cm³/mol. The van der Waals surface area contributed by atoms with Gasteiger partial charge in [0.2, 0.25) is 11.8 Å². The number of anilines is 1. The van der Waals surface area contributed by atoms with Crippen molar-refractivity contribution in [3.63, 3.8) is 0 Å². The zero-order valence-corrected chi connectivity index (χ0v) is 10.9. The number of carbonyl (C=O) groups excluding carboxylic acids is 1. The number of rotatable bonds is 2. The maximum absolute atomic E-state index is 12.1. The number of nitrogens with zero attached hydrogens (tertiary/aromatic N) is 5. The number of nitrogens with two attached hydrogens (primary N) is 1. The summed E-state index contributed by atoms with van der Waals surface area (Å²) in [5.41, 5.74) is 6.44. The van der Waals surface area contributed by atoms with E-state index in [2.05, 4.69) is 15.1 Å². The summed E-state index contributed by atoms with van der Waals surface area (Å²) in [5, 5.41) is 4.21. The molecule has 0 spiro atoms. The van der Waals surface area contributed by atoms with Crippen molar-refractivity contribution in [3.05, 3.63) is 30.2 Å². The number of nitrogen functional groups attached to an aromatic ring is 1. The fraction of sp³-hybridized carbons (Fsp3) is 0.167. The third-order valence-electron chi connectivity index (χ3n) is 2.77. The summed E-state index contributed by atoms with van der Waals surface area (Å²) in [7, 11) is 3.30. The standard InChI is InChI=1S/C12H12N6O2/c1-17(2)11(19)7-6-14-12(13)18-10(7)15-9(16-18)8-4-3-5-20-8/h3-6H,1-2H3,(H2,13,14). The molecule has 3 rings (SSSR count). The van der Waals surface area contributed by atoms with Gasteiger partial charge in [0, 0.05) is 20.3 Å². The van der Waals surface area contributed by atoms with Crippen molar-refractivity contribution in [1.29, 1.82) is 0 Å². The van der Waals surface area contributed by atoms with E-state index in [0.29, 0.717) is 22.8 Å². The first-order valence-electron chi connectivity index (χ1n) is 5.84. The maximum Gasteiger partial charge on any atom is 0.258 e. The van der Waals surface area contributed by atoms with E-state index >= 15 is 0 Å². The summed E-state index contributed by atoms with van der Waals surface area (Å²) in [4.78, 5) is 21.8. The van der Waals surface area contributed by atoms with Crippen molar-refractivity contribution in [1.82, 2.24) is 24.5 Å². The largest absolute Gasteiger partial charge is 0.461 e. The number of furan rings is 1. The number of hydrogen-bond acceptors (Lipinski definition) is 6. The Morgan fingerprint density at radius 3 is 2.90 bits per heavy atom. The van der Waals surface area contributed by atoms with Crippen LogP contribution in [-0.4, -0.2) is 44.5 Å². The van der Waals surface area contributed by atoms with Crippen molar-refractivity contribution in [2.75, 3.05) is 19.8 Å². The molecule has 8 heteroatoms. The fourth-order valence-electron chi connectivity index (χ4n) is 1.79. The van der Waals surface area contributed by atoms with E-state index in [0.717, 1.165) is 0 Å². The first kappa shape index (κ1) is 12.2. The molecule has 0 aliphatic rings. The minimum Gasteiger partial charge on any atom is -0.461 e. The third kappa shape index (κ3) is 1.78. The average molecular weight is 272 g/mol. The lowest BCUT2D eigenvalue weighted by molar-refractivity contribution is 0.0828. The van der Waals surface area contributed by atoms with Crippen LogP contribution < -0.4 is 5.73 Å². The molecule has 0 atom stereocenters. The van der Waals surface area contributed by atoms with Gasteiger partial charge >= 0.3 is 0 Å². The highest BCUT2D eigenvalue weighted by molar-refractivity contribution is 5.99. The Balaban J connectivity index is 2.24. The second kappa shape index (κ2) is 4.34. The molecule has 1 amide bonds. The summed E-state index contributed by atoms with van der Waals surface area (Å²) in [5.74, 6) is 0.778. The molecule has 0 aliphatic heterocycles. The van der Waals surface area contributed by atoms with Crippen LogP contribution in [0.4, 0.5) is 5.95 Å². The molecule has 102 valence electrons. The van der Waals surface area contributed by atoms with Gasteiger partial charge < -0.3 is 15.1 Å². The van der Waals surface area contributed by atoms with Gasteiger partial charge in [-0.3, -0.25) is 4.79 Å². The number of fused-ring (bicyclic) bond motifs is 1. The van der Waals surface area contributed by atoms with E-state index in [-0.39, 0.29) is 11.9 Å². The minimum absolute atomic E-state index is 0.153. The van der Waals surface area contributed by atoms with Crippen LogP contribution >= 0.6 is 0 Å². The van der Waals surface area contributed by atoms with Crippen LogP contribution in [0, 0.1) is 0 Å². The number of hydrogen-bond donors (Lipinski definition) is 1. The Kier molecular flexibility index (Phi) is 2.63. The van der Waals surface area contributed by atoms with Crippen LogP contribution in [0.3, 0.4) is 0 Å². The second-order valence-electron chi connectivity index (χ2n) is 4.38. The molecule has 3 heterocycles. The van der Waals surface area contributed by atoms with Crippen molar-refractivity contribution in [2.45, 2.75) is 0 Å². The number of carbonyl (C=O) groups is 1. The van der Waals surface area contributed by atoms with E-state index in [1.54, 1.807) is 26.2 Å². The smallest absolute Gasteiger partial charge is 0.258 e. The normalized spacial score (nSPS) is 10.9. The van der Waals surface area contributed by atoms with Crippen LogP contribution in [-0.2, 0) is 0 Å². The van der Waals surface area contributed by atoms with Crippen molar-refractivity contribution in [3.8, 4) is 11.6 Å². The van der Waals surface area contributed by atoms with Gasteiger partial charge in [-0.15, -0.1) is 5.10 Å². The fourth-order valence-corrected chi connectivity index (χ4v) is 1.79. The molecule has 0 saturated heterocycles. The van der Waals surface area contributed by atoms with Gasteiger partial charge in [-0.25, -0.2) is 9.97 Å². The summed E-state index contributed by atoms with van der Waals surface area (Å²) >= 11 is 0. The third-order valence-corrected chi connectivity index (χ3v) is 2.77. The van der Waals surface area contributed by atoms with Gasteiger partial charge in [-0.05, 0) is 12.1 Å². The summed E-state index contributed by atoms with van der Waals surface area (Å²) < 4.78 is 6.57. The molecule has 0 aromatic carbocycles. The van der Waals surface area contributed by atoms with E-state index < -0.39 is 0 Å². The highest BCUT2D eigenvalue weighted by atomic mass is 16.3. The van der Waals surface area contributed by atoms with Crippen molar-refractivity contribution < 1.29 is 9.21 Å². The molecule has 0 saturated carbocycles. The van der Waals surface area contributed by atoms with Gasteiger partial charge in [0.25, 0.3) is 5.91 Å². The molecule has 0 bridgehead atoms. The monoisotopic (exact) mass is 272 g/mol. The van der Waals surface area contributed by atoms with Crippen molar-refractivity contribution >= 4 is 17.5 Å². The lowest BCUT2D eigenvalue weighted by Crippen LogP contribution is -2.23. The van der Waals surface area contributed by atoms with Crippen molar-refractivity contribution in [2.24, 2.45) is 0 Å². The van der Waals surface area contributed by atoms with Crippen LogP contribution in [0.1, 0.15) is 10.4 Å². The average Bonchev–Trinajstić information content (AvgIpc) is 3.07. The van der Waals surface area contributed by atoms with Crippen LogP contribution in [0.15, 0.2) is 29.0 Å². The molecule has 0 fully saturated rings. The van der Waals surface area contributed by atoms with Crippen LogP contribution in [0.25, 0.3) is 17.2 Å². The Morgan fingerprint density at radius 2 is 2.25 bits per heavy atom. The van der Waals surface area contributed by atoms with Gasteiger partial charge in [0.15, 0.2) is 11.4 Å². The molecular weight excluding hydrogens is 260 g/mol. The first-order valence-corrected chi connectivity index (χ1v) is 5.84. The topological polar surface area (TPSA) is 103 Å².